The van der Waals surface area contributed by atoms with Crippen molar-refractivity contribution in [2.24, 2.45) is 0 Å². The Bertz CT molecular complexity index is 574. The summed E-state index contributed by atoms with van der Waals surface area (Å²) in [6.07, 6.45) is 4.43. The Morgan fingerprint density at radius 2 is 2.10 bits per heavy atom. The van der Waals surface area contributed by atoms with Gasteiger partial charge in [-0.15, -0.1) is 0 Å². The number of aromatic nitrogens is 1. The minimum absolute atomic E-state index is 0.175. The third kappa shape index (κ3) is 4.22. The highest BCUT2D eigenvalue weighted by molar-refractivity contribution is 9.09. The lowest BCUT2D eigenvalue weighted by Gasteiger charge is -2.14. The van der Waals surface area contributed by atoms with Gasteiger partial charge in [0.25, 0.3) is 0 Å². The van der Waals surface area contributed by atoms with Gasteiger partial charge in [0.2, 0.25) is 0 Å². The highest BCUT2D eigenvalue weighted by Crippen LogP contribution is 2.31. The van der Waals surface area contributed by atoms with Gasteiger partial charge in [0, 0.05) is 17.2 Å². The summed E-state index contributed by atoms with van der Waals surface area (Å²) in [6, 6.07) is 10.1. The van der Waals surface area contributed by atoms with Crippen molar-refractivity contribution >= 4 is 27.5 Å². The minimum atomic E-state index is 0.175. The summed E-state index contributed by atoms with van der Waals surface area (Å²) in [5, 5.41) is 0.700. The molecule has 0 aliphatic carbocycles. The standard InChI is InChI=1S/C16H17BrClNO/c1-11(2)20-14-5-3-4-12(8-14)15(17)9-13-6-7-19-10-16(13)18/h3-8,10-11,15H,9H2,1-2H3. The highest BCUT2D eigenvalue weighted by Gasteiger charge is 2.12. The Labute approximate surface area is 133 Å². The van der Waals surface area contributed by atoms with E-state index >= 15 is 0 Å². The molecule has 0 saturated heterocycles. The van der Waals surface area contributed by atoms with E-state index in [0.717, 1.165) is 17.7 Å². The van der Waals surface area contributed by atoms with E-state index in [0.29, 0.717) is 5.02 Å². The molecule has 0 fully saturated rings. The molecule has 0 aliphatic rings. The Morgan fingerprint density at radius 3 is 2.80 bits per heavy atom. The number of nitrogens with zero attached hydrogens (tertiary/aromatic N) is 1. The van der Waals surface area contributed by atoms with Gasteiger partial charge in [-0.25, -0.2) is 0 Å². The van der Waals surface area contributed by atoms with Crippen LogP contribution in [-0.4, -0.2) is 11.1 Å². The Morgan fingerprint density at radius 1 is 1.30 bits per heavy atom. The fraction of sp³-hybridized carbons (Fsp3) is 0.312. The number of pyridine rings is 1. The molecule has 2 aromatic rings. The van der Waals surface area contributed by atoms with Crippen LogP contribution in [0, 0.1) is 0 Å². The number of benzene rings is 1. The van der Waals surface area contributed by atoms with Gasteiger partial charge in [0.15, 0.2) is 0 Å². The van der Waals surface area contributed by atoms with Crippen molar-refractivity contribution < 1.29 is 4.74 Å². The van der Waals surface area contributed by atoms with Crippen LogP contribution in [0.3, 0.4) is 0 Å². The molecule has 0 bridgehead atoms. The smallest absolute Gasteiger partial charge is 0.119 e. The Kier molecular flexibility index (Phi) is 5.44. The summed E-state index contributed by atoms with van der Waals surface area (Å²) in [6.45, 7) is 4.05. The number of hydrogen-bond acceptors (Lipinski definition) is 2. The zero-order valence-corrected chi connectivity index (χ0v) is 13.9. The van der Waals surface area contributed by atoms with Crippen LogP contribution in [0.1, 0.15) is 29.8 Å². The predicted molar refractivity (Wildman–Crippen MR) is 86.8 cm³/mol. The molecule has 0 N–H and O–H groups in total. The monoisotopic (exact) mass is 353 g/mol. The number of hydrogen-bond donors (Lipinski definition) is 0. The van der Waals surface area contributed by atoms with Crippen molar-refractivity contribution in [3.05, 3.63) is 58.9 Å². The van der Waals surface area contributed by atoms with E-state index in [2.05, 4.69) is 33.0 Å². The molecule has 2 nitrogen and oxygen atoms in total. The van der Waals surface area contributed by atoms with Gasteiger partial charge in [-0.2, -0.15) is 0 Å². The maximum Gasteiger partial charge on any atom is 0.119 e. The molecule has 1 aromatic heterocycles. The van der Waals surface area contributed by atoms with E-state index in [1.807, 2.05) is 32.0 Å². The quantitative estimate of drug-likeness (QED) is 0.688. The SMILES string of the molecule is CC(C)Oc1cccc(C(Br)Cc2ccncc2Cl)c1. The Balaban J connectivity index is 2.13. The predicted octanol–water partition coefficient (Wildman–Crippen LogP) is 5.20. The van der Waals surface area contributed by atoms with Gasteiger partial charge in [0.1, 0.15) is 5.75 Å². The van der Waals surface area contributed by atoms with Crippen LogP contribution in [-0.2, 0) is 6.42 Å². The molecule has 0 amide bonds. The zero-order chi connectivity index (χ0) is 14.5. The Hall–Kier alpha value is -1.06. The number of ether oxygens (including phenoxy) is 1. The molecule has 1 aromatic carbocycles. The normalized spacial score (nSPS) is 12.4. The van der Waals surface area contributed by atoms with Crippen molar-refractivity contribution in [1.29, 1.82) is 0 Å². The summed E-state index contributed by atoms with van der Waals surface area (Å²) in [4.78, 5) is 4.20. The molecule has 0 aliphatic heterocycles. The number of alkyl halides is 1. The third-order valence-electron chi connectivity index (χ3n) is 2.85. The molecule has 106 valence electrons. The largest absolute Gasteiger partial charge is 0.491 e. The van der Waals surface area contributed by atoms with E-state index in [9.17, 15) is 0 Å². The maximum absolute atomic E-state index is 6.15. The van der Waals surface area contributed by atoms with Crippen LogP contribution in [0.5, 0.6) is 5.75 Å². The van der Waals surface area contributed by atoms with Crippen molar-refractivity contribution in [2.75, 3.05) is 0 Å². The van der Waals surface area contributed by atoms with Gasteiger partial charge in [-0.05, 0) is 49.6 Å². The van der Waals surface area contributed by atoms with Crippen LogP contribution in [0.2, 0.25) is 5.02 Å². The van der Waals surface area contributed by atoms with Crippen molar-refractivity contribution in [3.63, 3.8) is 0 Å². The van der Waals surface area contributed by atoms with Crippen LogP contribution < -0.4 is 4.74 Å². The molecular weight excluding hydrogens is 338 g/mol. The summed E-state index contributed by atoms with van der Waals surface area (Å²) in [7, 11) is 0. The fourth-order valence-corrected chi connectivity index (χ4v) is 2.77. The van der Waals surface area contributed by atoms with Crippen LogP contribution in [0.4, 0.5) is 0 Å². The van der Waals surface area contributed by atoms with E-state index in [1.165, 1.54) is 5.56 Å². The second-order valence-electron chi connectivity index (χ2n) is 4.88. The van der Waals surface area contributed by atoms with Crippen LogP contribution >= 0.6 is 27.5 Å². The summed E-state index contributed by atoms with van der Waals surface area (Å²) < 4.78 is 5.72. The average Bonchev–Trinajstić information content (AvgIpc) is 2.41. The first-order valence-corrected chi connectivity index (χ1v) is 7.84. The van der Waals surface area contributed by atoms with E-state index < -0.39 is 0 Å². The lowest BCUT2D eigenvalue weighted by molar-refractivity contribution is 0.242. The molecule has 20 heavy (non-hydrogen) atoms. The third-order valence-corrected chi connectivity index (χ3v) is 4.04. The van der Waals surface area contributed by atoms with Gasteiger partial charge in [0.05, 0.1) is 11.1 Å². The minimum Gasteiger partial charge on any atom is -0.491 e. The van der Waals surface area contributed by atoms with Gasteiger partial charge in [-0.3, -0.25) is 4.98 Å². The van der Waals surface area contributed by atoms with Crippen molar-refractivity contribution in [1.82, 2.24) is 4.98 Å². The number of rotatable bonds is 5. The zero-order valence-electron chi connectivity index (χ0n) is 11.5. The first kappa shape index (κ1) is 15.3. The molecular formula is C16H17BrClNO. The topological polar surface area (TPSA) is 22.1 Å². The van der Waals surface area contributed by atoms with Crippen LogP contribution in [0.25, 0.3) is 0 Å². The molecule has 2 rings (SSSR count). The second kappa shape index (κ2) is 7.09. The van der Waals surface area contributed by atoms with Gasteiger partial charge >= 0.3 is 0 Å². The number of halogens is 2. The van der Waals surface area contributed by atoms with Gasteiger partial charge in [-0.1, -0.05) is 39.7 Å². The molecule has 0 saturated carbocycles. The second-order valence-corrected chi connectivity index (χ2v) is 6.39. The first-order valence-electron chi connectivity index (χ1n) is 6.55. The highest BCUT2D eigenvalue weighted by atomic mass is 79.9. The molecule has 0 radical (unpaired) electrons. The summed E-state index contributed by atoms with van der Waals surface area (Å²) >= 11 is 9.87. The van der Waals surface area contributed by atoms with E-state index in [-0.39, 0.29) is 10.9 Å². The first-order chi connectivity index (χ1) is 9.56. The molecule has 1 atom stereocenters. The fourth-order valence-electron chi connectivity index (χ4n) is 1.94. The average molecular weight is 355 g/mol. The van der Waals surface area contributed by atoms with E-state index in [1.54, 1.807) is 12.4 Å². The lowest BCUT2D eigenvalue weighted by Crippen LogP contribution is -2.06. The van der Waals surface area contributed by atoms with Crippen molar-refractivity contribution in [3.8, 4) is 5.75 Å². The molecule has 0 spiro atoms. The molecule has 1 unspecified atom stereocenters. The van der Waals surface area contributed by atoms with Crippen molar-refractivity contribution in [2.45, 2.75) is 31.2 Å². The van der Waals surface area contributed by atoms with Gasteiger partial charge < -0.3 is 4.74 Å². The molecule has 1 heterocycles. The summed E-state index contributed by atoms with van der Waals surface area (Å²) in [5.41, 5.74) is 2.26. The summed E-state index contributed by atoms with van der Waals surface area (Å²) in [5.74, 6) is 0.891. The van der Waals surface area contributed by atoms with Crippen LogP contribution in [0.15, 0.2) is 42.7 Å². The van der Waals surface area contributed by atoms with E-state index in [4.69, 9.17) is 16.3 Å². The molecule has 4 heteroatoms. The lowest BCUT2D eigenvalue weighted by atomic mass is 10.0. The maximum atomic E-state index is 6.15.